The van der Waals surface area contributed by atoms with E-state index in [1.807, 2.05) is 46.9 Å². The summed E-state index contributed by atoms with van der Waals surface area (Å²) in [5, 5.41) is 8.86. The minimum atomic E-state index is -1.03. The van der Waals surface area contributed by atoms with Crippen molar-refractivity contribution in [1.82, 2.24) is 9.29 Å². The number of carbonyl (C=O) groups is 1. The maximum Gasteiger partial charge on any atom is 0.397 e. The van der Waals surface area contributed by atoms with Crippen molar-refractivity contribution in [2.24, 2.45) is 0 Å². The lowest BCUT2D eigenvalue weighted by atomic mass is 9.96. The fourth-order valence-corrected chi connectivity index (χ4v) is 3.30. The molecule has 0 saturated heterocycles. The van der Waals surface area contributed by atoms with E-state index in [0.29, 0.717) is 0 Å². The Labute approximate surface area is 144 Å². The molecule has 1 aromatic carbocycles. The molecule has 0 spiro atoms. The van der Waals surface area contributed by atoms with Gasteiger partial charge >= 0.3 is 13.5 Å². The lowest BCUT2D eigenvalue weighted by molar-refractivity contribution is -0.137. The Morgan fingerprint density at radius 2 is 1.92 bits per heavy atom. The summed E-state index contributed by atoms with van der Waals surface area (Å²) in [7, 11) is 1.64. The van der Waals surface area contributed by atoms with Crippen LogP contribution in [0.1, 0.15) is 18.5 Å². The predicted octanol–water partition coefficient (Wildman–Crippen LogP) is 3.59. The van der Waals surface area contributed by atoms with Crippen LogP contribution >= 0.6 is 0 Å². The largest absolute Gasteiger partial charge is 0.481 e. The predicted molar refractivity (Wildman–Crippen MR) is 90.7 cm³/mol. The molecule has 1 aromatic heterocycles. The first-order valence-corrected chi connectivity index (χ1v) is 7.95. The van der Waals surface area contributed by atoms with Crippen molar-refractivity contribution >= 4 is 19.6 Å². The van der Waals surface area contributed by atoms with Crippen LogP contribution in [0.3, 0.4) is 0 Å². The summed E-state index contributed by atoms with van der Waals surface area (Å²) in [6, 6.07) is 12.5. The topological polar surface area (TPSA) is 45.5 Å². The molecule has 0 fully saturated rings. The van der Waals surface area contributed by atoms with Crippen LogP contribution in [-0.4, -0.2) is 34.0 Å². The fraction of sp³-hybridized carbons (Fsp3) is 0.167. The first-order valence-electron chi connectivity index (χ1n) is 7.95. The Morgan fingerprint density at radius 1 is 1.16 bits per heavy atom. The first-order chi connectivity index (χ1) is 12.1. The van der Waals surface area contributed by atoms with Crippen molar-refractivity contribution in [3.63, 3.8) is 0 Å². The molecule has 4 rings (SSSR count). The van der Waals surface area contributed by atoms with Gasteiger partial charge in [-0.2, -0.15) is 0 Å². The summed E-state index contributed by atoms with van der Waals surface area (Å²) in [4.78, 5) is 12.3. The van der Waals surface area contributed by atoms with Gasteiger partial charge in [0.05, 0.1) is 11.7 Å². The first kappa shape index (κ1) is 15.7. The van der Waals surface area contributed by atoms with Crippen LogP contribution in [0.25, 0.3) is 17.3 Å². The van der Waals surface area contributed by atoms with E-state index in [9.17, 15) is 13.6 Å². The molecule has 1 radical (unpaired) electrons. The minimum absolute atomic E-state index is 0.000299. The monoisotopic (exact) mass is 339 g/mol. The van der Waals surface area contributed by atoms with Gasteiger partial charge in [0, 0.05) is 17.8 Å². The van der Waals surface area contributed by atoms with Crippen LogP contribution in [0.15, 0.2) is 59.8 Å². The van der Waals surface area contributed by atoms with Crippen molar-refractivity contribution in [3.8, 4) is 11.3 Å². The summed E-state index contributed by atoms with van der Waals surface area (Å²) in [6.07, 6.45) is 1.36. The maximum atomic E-state index is 14.3. The highest BCUT2D eigenvalue weighted by Gasteiger charge is 2.40. The van der Waals surface area contributed by atoms with Gasteiger partial charge in [0.25, 0.3) is 0 Å². The van der Waals surface area contributed by atoms with Crippen LogP contribution < -0.4 is 0 Å². The number of nitrogens with zero attached hydrogens (tertiary/aromatic N) is 2. The van der Waals surface area contributed by atoms with E-state index < -0.39 is 23.7 Å². The van der Waals surface area contributed by atoms with E-state index in [2.05, 4.69) is 0 Å². The SMILES string of the molecule is O=C(O)CCC1C(F)=C(F)C2=Cc3ccc(-c4ccccc4)n3[B]N21. The van der Waals surface area contributed by atoms with Crippen molar-refractivity contribution in [2.75, 3.05) is 0 Å². The molecule has 2 aromatic rings. The van der Waals surface area contributed by atoms with E-state index >= 15 is 0 Å². The summed E-state index contributed by atoms with van der Waals surface area (Å²) >= 11 is 0. The molecule has 0 aliphatic carbocycles. The van der Waals surface area contributed by atoms with E-state index in [1.165, 1.54) is 4.81 Å². The Hall–Kier alpha value is -2.83. The second kappa shape index (κ2) is 5.91. The summed E-state index contributed by atoms with van der Waals surface area (Å²) < 4.78 is 30.4. The number of halogens is 2. The molecular formula is C18H14BF2N2O2. The van der Waals surface area contributed by atoms with Gasteiger partial charge in [0.1, 0.15) is 0 Å². The number of aromatic nitrogens is 1. The minimum Gasteiger partial charge on any atom is -0.481 e. The molecule has 1 atom stereocenters. The third-order valence-electron chi connectivity index (χ3n) is 4.52. The lowest BCUT2D eigenvalue weighted by Crippen LogP contribution is -2.40. The highest BCUT2D eigenvalue weighted by Crippen LogP contribution is 2.40. The maximum absolute atomic E-state index is 14.3. The molecular weight excluding hydrogens is 325 g/mol. The molecule has 3 heterocycles. The second-order valence-corrected chi connectivity index (χ2v) is 6.04. The molecule has 4 nitrogen and oxygen atoms in total. The van der Waals surface area contributed by atoms with Gasteiger partial charge in [-0.05, 0) is 30.2 Å². The zero-order valence-corrected chi connectivity index (χ0v) is 13.2. The van der Waals surface area contributed by atoms with Crippen molar-refractivity contribution in [1.29, 1.82) is 0 Å². The second-order valence-electron chi connectivity index (χ2n) is 6.04. The molecule has 1 unspecified atom stereocenters. The standard InChI is InChI=1S/C18H14BF2N2O2/c20-17-14(8-9-16(24)25)23-15(18(17)21)10-12-6-7-13(22(12)19-23)11-4-2-1-3-5-11/h1-7,10,14H,8-9H2,(H,24,25). The highest BCUT2D eigenvalue weighted by atomic mass is 19.2. The number of hydrogen-bond acceptors (Lipinski definition) is 2. The third kappa shape index (κ3) is 2.56. The zero-order chi connectivity index (χ0) is 17.6. The molecule has 0 bridgehead atoms. The molecule has 2 aliphatic rings. The van der Waals surface area contributed by atoms with Gasteiger partial charge in [-0.1, -0.05) is 30.3 Å². The number of carboxylic acids is 1. The van der Waals surface area contributed by atoms with Crippen LogP contribution in [0.5, 0.6) is 0 Å². The molecule has 1 N–H and O–H groups in total. The Balaban J connectivity index is 1.72. The summed E-state index contributed by atoms with van der Waals surface area (Å²) in [5.74, 6) is -2.86. The normalized spacial score (nSPS) is 18.6. The van der Waals surface area contributed by atoms with Gasteiger partial charge in [-0.15, -0.1) is 0 Å². The van der Waals surface area contributed by atoms with E-state index in [1.54, 1.807) is 13.6 Å². The number of benzene rings is 1. The van der Waals surface area contributed by atoms with Crippen LogP contribution in [-0.2, 0) is 4.79 Å². The average molecular weight is 339 g/mol. The van der Waals surface area contributed by atoms with Crippen LogP contribution in [0.4, 0.5) is 8.78 Å². The Bertz CT molecular complexity index is 905. The summed E-state index contributed by atoms with van der Waals surface area (Å²) in [5.41, 5.74) is 2.76. The van der Waals surface area contributed by atoms with Crippen LogP contribution in [0, 0.1) is 0 Å². The Morgan fingerprint density at radius 3 is 2.64 bits per heavy atom. The quantitative estimate of drug-likeness (QED) is 0.866. The van der Waals surface area contributed by atoms with Crippen molar-refractivity contribution < 1.29 is 18.7 Å². The number of fused-ring (bicyclic) bond motifs is 2. The molecule has 125 valence electrons. The third-order valence-corrected chi connectivity index (χ3v) is 4.52. The van der Waals surface area contributed by atoms with E-state index in [-0.39, 0.29) is 18.5 Å². The number of hydrogen-bond donors (Lipinski definition) is 1. The lowest BCUT2D eigenvalue weighted by Gasteiger charge is -2.31. The zero-order valence-electron chi connectivity index (χ0n) is 13.2. The number of carboxylic acid groups (broad SMARTS) is 1. The number of aliphatic carboxylic acids is 1. The molecule has 7 heteroatoms. The summed E-state index contributed by atoms with van der Waals surface area (Å²) in [6.45, 7) is 0. The van der Waals surface area contributed by atoms with Gasteiger partial charge < -0.3 is 14.4 Å². The van der Waals surface area contributed by atoms with Gasteiger partial charge in [-0.25, -0.2) is 8.78 Å². The number of allylic oxidation sites excluding steroid dienone is 1. The average Bonchev–Trinajstić information content (AvgIpc) is 3.12. The van der Waals surface area contributed by atoms with E-state index in [4.69, 9.17) is 5.11 Å². The number of rotatable bonds is 4. The van der Waals surface area contributed by atoms with Gasteiger partial charge in [-0.3, -0.25) is 4.79 Å². The molecule has 2 aliphatic heterocycles. The van der Waals surface area contributed by atoms with Crippen molar-refractivity contribution in [2.45, 2.75) is 18.9 Å². The van der Waals surface area contributed by atoms with Gasteiger partial charge in [0.15, 0.2) is 11.7 Å². The van der Waals surface area contributed by atoms with Crippen LogP contribution in [0.2, 0.25) is 0 Å². The van der Waals surface area contributed by atoms with Gasteiger partial charge in [0.2, 0.25) is 0 Å². The molecule has 0 saturated carbocycles. The molecule has 0 amide bonds. The van der Waals surface area contributed by atoms with Crippen molar-refractivity contribution in [3.05, 3.63) is 65.5 Å². The molecule has 25 heavy (non-hydrogen) atoms. The van der Waals surface area contributed by atoms with E-state index in [0.717, 1.165) is 17.0 Å². The highest BCUT2D eigenvalue weighted by molar-refractivity contribution is 6.34. The smallest absolute Gasteiger partial charge is 0.397 e. The Kier molecular flexibility index (Phi) is 3.71. The fourth-order valence-electron chi connectivity index (χ4n) is 3.30.